The monoisotopic (exact) mass is 502 g/mol. The molecular weight excluding hydrogens is 456 g/mol. The van der Waals surface area contributed by atoms with E-state index in [-0.39, 0.29) is 11.1 Å². The number of aldehydes is 1. The summed E-state index contributed by atoms with van der Waals surface area (Å²) in [5, 5.41) is 12.0. The van der Waals surface area contributed by atoms with Gasteiger partial charge in [0, 0.05) is 0 Å². The van der Waals surface area contributed by atoms with Crippen molar-refractivity contribution < 1.29 is 33.0 Å². The molecule has 0 bridgehead atoms. The van der Waals surface area contributed by atoms with Crippen LogP contribution in [0.1, 0.15) is 61.8 Å². The Morgan fingerprint density at radius 3 is 2.09 bits per heavy atom. The molecule has 2 aliphatic heterocycles. The van der Waals surface area contributed by atoms with Crippen molar-refractivity contribution in [2.24, 2.45) is 5.92 Å². The minimum absolute atomic E-state index is 0.0323. The summed E-state index contributed by atoms with van der Waals surface area (Å²) in [6, 6.07) is 2.99. The van der Waals surface area contributed by atoms with Crippen LogP contribution in [0.15, 0.2) is 0 Å². The maximum atomic E-state index is 12.3. The minimum atomic E-state index is -2.26. The lowest BCUT2D eigenvalue weighted by Gasteiger charge is -2.52. The molecule has 2 saturated heterocycles. The van der Waals surface area contributed by atoms with E-state index in [1.165, 1.54) is 0 Å². The molecule has 7 nitrogen and oxygen atoms in total. The first-order chi connectivity index (χ1) is 15.1. The third-order valence-electron chi connectivity index (χ3n) is 8.73. The van der Waals surface area contributed by atoms with Gasteiger partial charge < -0.3 is 33.0 Å². The quantitative estimate of drug-likeness (QED) is 0.384. The second kappa shape index (κ2) is 9.07. The number of aliphatic hydroxyl groups is 1. The Labute approximate surface area is 202 Å². The highest BCUT2D eigenvalue weighted by atomic mass is 28.4. The minimum Gasteiger partial charge on any atom is -0.411 e. The molecule has 0 unspecified atom stereocenters. The summed E-state index contributed by atoms with van der Waals surface area (Å²) in [5.41, 5.74) is -1.53. The molecule has 3 rings (SSSR count). The summed E-state index contributed by atoms with van der Waals surface area (Å²) in [4.78, 5) is 12.3. The molecule has 0 spiro atoms. The molecule has 3 aliphatic rings. The smallest absolute Gasteiger partial charge is 0.192 e. The lowest BCUT2D eigenvalue weighted by molar-refractivity contribution is -0.264. The second-order valence-corrected chi connectivity index (χ2v) is 21.6. The molecule has 0 aromatic carbocycles. The zero-order valence-corrected chi connectivity index (χ0v) is 24.3. The fraction of sp³-hybridized carbons (Fsp3) is 0.958. The summed E-state index contributed by atoms with van der Waals surface area (Å²) < 4.78 is 32.3. The number of carbonyl (C=O) groups is 1. The van der Waals surface area contributed by atoms with Gasteiger partial charge >= 0.3 is 0 Å². The lowest BCUT2D eigenvalue weighted by atomic mass is 9.70. The van der Waals surface area contributed by atoms with E-state index in [1.54, 1.807) is 13.8 Å². The average Bonchev–Trinajstić information content (AvgIpc) is 3.17. The molecule has 7 atom stereocenters. The molecule has 9 heteroatoms. The zero-order valence-electron chi connectivity index (χ0n) is 22.3. The van der Waals surface area contributed by atoms with E-state index in [2.05, 4.69) is 54.6 Å². The Balaban J connectivity index is 2.04. The van der Waals surface area contributed by atoms with Crippen molar-refractivity contribution >= 4 is 22.9 Å². The molecule has 3 fully saturated rings. The van der Waals surface area contributed by atoms with Crippen LogP contribution in [0.25, 0.3) is 0 Å². The third-order valence-corrected chi connectivity index (χ3v) is 17.9. The van der Waals surface area contributed by atoms with Crippen LogP contribution in [-0.2, 0) is 27.9 Å². The molecular formula is C24H46O7Si2. The Morgan fingerprint density at radius 1 is 1.03 bits per heavy atom. The van der Waals surface area contributed by atoms with Crippen molar-refractivity contribution in [1.29, 1.82) is 0 Å². The molecule has 0 radical (unpaired) electrons. The van der Waals surface area contributed by atoms with Crippen molar-refractivity contribution in [3.05, 3.63) is 0 Å². The van der Waals surface area contributed by atoms with Crippen molar-refractivity contribution in [2.75, 3.05) is 0 Å². The molecule has 1 saturated carbocycles. The maximum Gasteiger partial charge on any atom is 0.192 e. The first kappa shape index (κ1) is 27.5. The van der Waals surface area contributed by atoms with Gasteiger partial charge in [-0.05, 0) is 56.5 Å². The van der Waals surface area contributed by atoms with Gasteiger partial charge in [0.1, 0.15) is 24.1 Å². The number of fused-ring (bicyclic) bond motifs is 3. The van der Waals surface area contributed by atoms with E-state index in [9.17, 15) is 9.90 Å². The summed E-state index contributed by atoms with van der Waals surface area (Å²) in [7, 11) is -4.27. The van der Waals surface area contributed by atoms with Gasteiger partial charge in [-0.25, -0.2) is 0 Å². The number of ether oxygens (including phenoxy) is 3. The molecule has 2 heterocycles. The van der Waals surface area contributed by atoms with Crippen LogP contribution in [0.4, 0.5) is 0 Å². The summed E-state index contributed by atoms with van der Waals surface area (Å²) in [6.45, 7) is 21.2. The Hall–Kier alpha value is -0.136. The summed E-state index contributed by atoms with van der Waals surface area (Å²) in [6.07, 6.45) is -1.83. The Morgan fingerprint density at radius 2 is 1.61 bits per heavy atom. The Bertz CT molecular complexity index is 710. The topological polar surface area (TPSA) is 83.5 Å². The number of carbonyl (C=O) groups excluding carboxylic acids is 1. The fourth-order valence-electron chi connectivity index (χ4n) is 5.34. The highest BCUT2D eigenvalue weighted by molar-refractivity contribution is 6.74. The van der Waals surface area contributed by atoms with E-state index in [0.717, 1.165) is 24.4 Å². The van der Waals surface area contributed by atoms with Crippen LogP contribution in [0, 0.1) is 5.92 Å². The van der Waals surface area contributed by atoms with Crippen LogP contribution in [0.2, 0.25) is 36.3 Å². The molecule has 0 amide bonds. The van der Waals surface area contributed by atoms with Crippen molar-refractivity contribution in [3.8, 4) is 0 Å². The van der Waals surface area contributed by atoms with E-state index in [4.69, 9.17) is 23.1 Å². The number of hydrogen-bond acceptors (Lipinski definition) is 7. The van der Waals surface area contributed by atoms with E-state index in [0.29, 0.717) is 6.42 Å². The van der Waals surface area contributed by atoms with Gasteiger partial charge in [-0.1, -0.05) is 41.5 Å². The van der Waals surface area contributed by atoms with Crippen LogP contribution < -0.4 is 0 Å². The van der Waals surface area contributed by atoms with Crippen LogP contribution in [0.3, 0.4) is 0 Å². The lowest BCUT2D eigenvalue weighted by Crippen LogP contribution is -2.68. The zero-order chi connectivity index (χ0) is 25.0. The predicted octanol–water partition coefficient (Wildman–Crippen LogP) is 4.59. The van der Waals surface area contributed by atoms with E-state index < -0.39 is 58.5 Å². The molecule has 0 aromatic rings. The second-order valence-electron chi connectivity index (χ2n) is 12.1. The highest BCUT2D eigenvalue weighted by Crippen LogP contribution is 2.53. The average molecular weight is 503 g/mol. The highest BCUT2D eigenvalue weighted by Gasteiger charge is 2.71. The first-order valence-corrected chi connectivity index (χ1v) is 18.1. The van der Waals surface area contributed by atoms with Gasteiger partial charge in [0.2, 0.25) is 0 Å². The van der Waals surface area contributed by atoms with Crippen LogP contribution in [0.5, 0.6) is 0 Å². The van der Waals surface area contributed by atoms with Crippen LogP contribution in [-0.4, -0.2) is 70.1 Å². The van der Waals surface area contributed by atoms with Crippen molar-refractivity contribution in [2.45, 2.75) is 140 Å². The van der Waals surface area contributed by atoms with Crippen LogP contribution >= 0.6 is 0 Å². The molecule has 192 valence electrons. The maximum absolute atomic E-state index is 12.3. The first-order valence-electron chi connectivity index (χ1n) is 12.6. The molecule has 33 heavy (non-hydrogen) atoms. The normalized spacial score (nSPS) is 38.8. The predicted molar refractivity (Wildman–Crippen MR) is 132 cm³/mol. The number of rotatable bonds is 8. The third kappa shape index (κ3) is 4.69. The van der Waals surface area contributed by atoms with Gasteiger partial charge in [0.25, 0.3) is 0 Å². The van der Waals surface area contributed by atoms with E-state index in [1.807, 2.05) is 0 Å². The van der Waals surface area contributed by atoms with Gasteiger partial charge in [0.15, 0.2) is 28.7 Å². The van der Waals surface area contributed by atoms with Gasteiger partial charge in [-0.2, -0.15) is 0 Å². The fourth-order valence-corrected chi connectivity index (χ4v) is 9.53. The van der Waals surface area contributed by atoms with E-state index >= 15 is 0 Å². The summed E-state index contributed by atoms with van der Waals surface area (Å²) in [5.74, 6) is -1.57. The van der Waals surface area contributed by atoms with Crippen molar-refractivity contribution in [1.82, 2.24) is 0 Å². The van der Waals surface area contributed by atoms with Gasteiger partial charge in [-0.15, -0.1) is 0 Å². The molecule has 1 aliphatic carbocycles. The molecule has 0 aromatic heterocycles. The molecule has 1 N–H and O–H groups in total. The standard InChI is InChI=1S/C24H46O7Si2/c1-11-33(12-2,13-3)30-17-14-16(15-25)24(26)19(18(17)31-32(9,10)22(4,5)6)27-21-20(24)28-23(7,8)29-21/h15-21,26H,11-14H2,1-10H3/t16-,17-,18+,19+,20-,21+,24+/m0/s1. The van der Waals surface area contributed by atoms with Gasteiger partial charge in [-0.3, -0.25) is 0 Å². The largest absolute Gasteiger partial charge is 0.411 e. The Kier molecular flexibility index (Phi) is 7.54. The van der Waals surface area contributed by atoms with Gasteiger partial charge in [0.05, 0.1) is 18.1 Å². The number of hydrogen-bond donors (Lipinski definition) is 1. The summed E-state index contributed by atoms with van der Waals surface area (Å²) >= 11 is 0. The van der Waals surface area contributed by atoms with Crippen molar-refractivity contribution in [3.63, 3.8) is 0 Å². The SMILES string of the molecule is CC[Si](CC)(CC)O[C@H]1C[C@@H](C=O)[C@@]2(O)[C@H](O[C@@H]3OC(C)(C)O[C@@H]32)[C@@H]1O[Si](C)(C)C(C)(C)C.